The third-order valence-corrected chi connectivity index (χ3v) is 4.91. The normalized spacial score (nSPS) is 16.6. The fraction of sp³-hybridized carbons (Fsp3) is 0.333. The Hall–Kier alpha value is -2.52. The number of benzene rings is 1. The van der Waals surface area contributed by atoms with Crippen molar-refractivity contribution in [3.63, 3.8) is 0 Å². The van der Waals surface area contributed by atoms with E-state index in [9.17, 15) is 9.18 Å². The molecule has 0 saturated carbocycles. The van der Waals surface area contributed by atoms with Gasteiger partial charge in [-0.05, 0) is 37.0 Å². The molecule has 1 atom stereocenters. The molecule has 0 fully saturated rings. The number of amides is 1. The minimum Gasteiger partial charge on any atom is -0.482 e. The van der Waals surface area contributed by atoms with Crippen LogP contribution in [-0.4, -0.2) is 22.3 Å². The van der Waals surface area contributed by atoms with Gasteiger partial charge in [-0.15, -0.1) is 4.39 Å². The zero-order valence-electron chi connectivity index (χ0n) is 13.3. The molecule has 1 amide bonds. The molecule has 0 aliphatic carbocycles. The first-order valence-electron chi connectivity index (χ1n) is 8.10. The molecule has 1 unspecified atom stereocenters. The zero-order valence-corrected chi connectivity index (χ0v) is 14.1. The number of anilines is 1. The number of fused-ring (bicyclic) bond motifs is 2. The van der Waals surface area contributed by atoms with Gasteiger partial charge in [0.15, 0.2) is 6.61 Å². The molecular weight excluding hydrogens is 345 g/mol. The van der Waals surface area contributed by atoms with Crippen LogP contribution in [0.4, 0.5) is 10.1 Å². The Balaban J connectivity index is 1.78. The van der Waals surface area contributed by atoms with Crippen LogP contribution in [0.5, 0.6) is 5.75 Å². The van der Waals surface area contributed by atoms with Crippen molar-refractivity contribution in [2.24, 2.45) is 0 Å². The standard InChI is InChI=1S/C18H15ClFN3O2/c19-17-14-3-1-2-8-23(14)22-18(17)12(6-7-20)11-4-5-15-13(9-11)21-16(24)10-25-15/h4-5,9,12H,1-3,8,10H2,(H,21,24). The third-order valence-electron chi connectivity index (χ3n) is 4.49. The van der Waals surface area contributed by atoms with Gasteiger partial charge in [0.2, 0.25) is 0 Å². The summed E-state index contributed by atoms with van der Waals surface area (Å²) in [6.45, 7) is 0.790. The van der Waals surface area contributed by atoms with Gasteiger partial charge in [0, 0.05) is 6.54 Å². The van der Waals surface area contributed by atoms with Gasteiger partial charge in [0.05, 0.1) is 22.3 Å². The number of aromatic nitrogens is 2. The first kappa shape index (κ1) is 16.0. The average Bonchev–Trinajstić information content (AvgIpc) is 2.96. The lowest BCUT2D eigenvalue weighted by molar-refractivity contribution is -0.118. The number of hydrogen-bond acceptors (Lipinski definition) is 3. The highest BCUT2D eigenvalue weighted by molar-refractivity contribution is 6.32. The monoisotopic (exact) mass is 359 g/mol. The predicted octanol–water partition coefficient (Wildman–Crippen LogP) is 3.27. The Kier molecular flexibility index (Phi) is 4.10. The fourth-order valence-corrected chi connectivity index (χ4v) is 3.64. The number of halogens is 2. The largest absolute Gasteiger partial charge is 0.482 e. The molecule has 0 radical (unpaired) electrons. The SMILES string of the molecule is O=C1COc2ccc(C(C#CF)c3nn4c(c3Cl)CCCC4)cc2N1. The van der Waals surface area contributed by atoms with Crippen molar-refractivity contribution in [1.82, 2.24) is 9.78 Å². The van der Waals surface area contributed by atoms with Crippen LogP contribution in [0.1, 0.15) is 35.7 Å². The van der Waals surface area contributed by atoms with Crippen LogP contribution in [0.15, 0.2) is 18.2 Å². The molecule has 5 nitrogen and oxygen atoms in total. The van der Waals surface area contributed by atoms with E-state index in [1.807, 2.05) is 4.68 Å². The molecule has 2 aliphatic heterocycles. The van der Waals surface area contributed by atoms with Crippen molar-refractivity contribution >= 4 is 23.2 Å². The summed E-state index contributed by atoms with van der Waals surface area (Å²) >= 11 is 6.52. The van der Waals surface area contributed by atoms with E-state index in [1.54, 1.807) is 18.2 Å². The molecule has 25 heavy (non-hydrogen) atoms. The van der Waals surface area contributed by atoms with Gasteiger partial charge in [-0.25, -0.2) is 0 Å². The van der Waals surface area contributed by atoms with Crippen LogP contribution < -0.4 is 10.1 Å². The quantitative estimate of drug-likeness (QED) is 0.837. The third kappa shape index (κ3) is 2.85. The second-order valence-electron chi connectivity index (χ2n) is 6.09. The minimum absolute atomic E-state index is 0.0142. The van der Waals surface area contributed by atoms with Gasteiger partial charge in [-0.1, -0.05) is 23.6 Å². The van der Waals surface area contributed by atoms with Crippen LogP contribution in [0.2, 0.25) is 5.02 Å². The Morgan fingerprint density at radius 3 is 3.08 bits per heavy atom. The van der Waals surface area contributed by atoms with E-state index in [0.717, 1.165) is 31.5 Å². The van der Waals surface area contributed by atoms with Crippen LogP contribution in [0.25, 0.3) is 0 Å². The van der Waals surface area contributed by atoms with Gasteiger partial charge < -0.3 is 10.1 Å². The number of ether oxygens (including phenoxy) is 1. The topological polar surface area (TPSA) is 56.1 Å². The summed E-state index contributed by atoms with van der Waals surface area (Å²) in [5, 5.41) is 7.86. The molecule has 1 N–H and O–H groups in total. The molecule has 0 spiro atoms. The zero-order chi connectivity index (χ0) is 17.4. The number of hydrogen-bond donors (Lipinski definition) is 1. The van der Waals surface area contributed by atoms with Gasteiger partial charge >= 0.3 is 0 Å². The maximum Gasteiger partial charge on any atom is 0.262 e. The summed E-state index contributed by atoms with van der Waals surface area (Å²) in [5.74, 6) is 2.29. The van der Waals surface area contributed by atoms with E-state index >= 15 is 0 Å². The molecule has 7 heteroatoms. The smallest absolute Gasteiger partial charge is 0.262 e. The van der Waals surface area contributed by atoms with Gasteiger partial charge in [-0.3, -0.25) is 9.48 Å². The summed E-state index contributed by atoms with van der Waals surface area (Å²) in [5.41, 5.74) is 2.77. The summed E-state index contributed by atoms with van der Waals surface area (Å²) in [6.07, 6.45) is 4.45. The number of rotatable bonds is 2. The molecule has 0 bridgehead atoms. The Labute approximate surface area is 149 Å². The lowest BCUT2D eigenvalue weighted by atomic mass is 9.95. The molecule has 1 aromatic carbocycles. The van der Waals surface area contributed by atoms with Crippen molar-refractivity contribution in [3.05, 3.63) is 40.2 Å². The van der Waals surface area contributed by atoms with Crippen LogP contribution in [0, 0.1) is 12.1 Å². The molecule has 0 saturated heterocycles. The lowest BCUT2D eigenvalue weighted by Gasteiger charge is -2.19. The van der Waals surface area contributed by atoms with Crippen LogP contribution >= 0.6 is 11.6 Å². The van der Waals surface area contributed by atoms with E-state index in [0.29, 0.717) is 27.7 Å². The Morgan fingerprint density at radius 2 is 2.28 bits per heavy atom. The predicted molar refractivity (Wildman–Crippen MR) is 91.5 cm³/mol. The summed E-state index contributed by atoms with van der Waals surface area (Å²) in [6, 6.07) is 5.26. The van der Waals surface area contributed by atoms with Crippen molar-refractivity contribution in [2.75, 3.05) is 11.9 Å². The van der Waals surface area contributed by atoms with Crippen molar-refractivity contribution in [3.8, 4) is 17.8 Å². The molecule has 1 aromatic heterocycles. The van der Waals surface area contributed by atoms with Crippen molar-refractivity contribution < 1.29 is 13.9 Å². The molecule has 2 aliphatic rings. The second-order valence-corrected chi connectivity index (χ2v) is 6.47. The van der Waals surface area contributed by atoms with E-state index in [2.05, 4.69) is 16.3 Å². The highest BCUT2D eigenvalue weighted by Crippen LogP contribution is 2.37. The van der Waals surface area contributed by atoms with E-state index in [4.69, 9.17) is 16.3 Å². The molecule has 4 rings (SSSR count). The van der Waals surface area contributed by atoms with Gasteiger partial charge in [0.25, 0.3) is 5.91 Å². The average molecular weight is 360 g/mol. The highest BCUT2D eigenvalue weighted by Gasteiger charge is 2.26. The summed E-state index contributed by atoms with van der Waals surface area (Å²) in [7, 11) is 0. The van der Waals surface area contributed by atoms with Crippen LogP contribution in [0.3, 0.4) is 0 Å². The first-order valence-corrected chi connectivity index (χ1v) is 8.48. The summed E-state index contributed by atoms with van der Waals surface area (Å²) < 4.78 is 20.1. The maximum absolute atomic E-state index is 12.9. The maximum atomic E-state index is 12.9. The number of nitrogens with zero attached hydrogens (tertiary/aromatic N) is 2. The lowest BCUT2D eigenvalue weighted by Crippen LogP contribution is -2.25. The molecular formula is C18H15ClFN3O2. The summed E-state index contributed by atoms with van der Waals surface area (Å²) in [4.78, 5) is 11.5. The molecule has 2 aromatic rings. The van der Waals surface area contributed by atoms with Gasteiger partial charge in [0.1, 0.15) is 17.6 Å². The Morgan fingerprint density at radius 1 is 1.40 bits per heavy atom. The number of aryl methyl sites for hydroxylation is 1. The number of carbonyl (C=O) groups is 1. The number of nitrogens with one attached hydrogen (secondary N) is 1. The Bertz CT molecular complexity index is 913. The molecule has 128 valence electrons. The van der Waals surface area contributed by atoms with Crippen molar-refractivity contribution in [1.29, 1.82) is 0 Å². The highest BCUT2D eigenvalue weighted by atomic mass is 35.5. The first-order chi connectivity index (χ1) is 12.2. The van der Waals surface area contributed by atoms with Crippen LogP contribution in [-0.2, 0) is 17.8 Å². The van der Waals surface area contributed by atoms with E-state index in [-0.39, 0.29) is 12.5 Å². The van der Waals surface area contributed by atoms with E-state index in [1.165, 1.54) is 6.17 Å². The number of carbonyl (C=O) groups excluding carboxylic acids is 1. The molecule has 3 heterocycles. The second kappa shape index (κ2) is 6.41. The van der Waals surface area contributed by atoms with Crippen molar-refractivity contribution in [2.45, 2.75) is 31.7 Å². The minimum atomic E-state index is -0.611. The van der Waals surface area contributed by atoms with E-state index < -0.39 is 5.92 Å². The fourth-order valence-electron chi connectivity index (χ4n) is 3.30. The van der Waals surface area contributed by atoms with Gasteiger partial charge in [-0.2, -0.15) is 5.10 Å².